The van der Waals surface area contributed by atoms with Crippen LogP contribution in [0.5, 0.6) is 0 Å². The number of hydrogen-bond acceptors (Lipinski definition) is 3. The number of fused-ring (bicyclic) bond motifs is 1. The summed E-state index contributed by atoms with van der Waals surface area (Å²) in [6.45, 7) is 0.804. The molecule has 0 amide bonds. The highest BCUT2D eigenvalue weighted by atomic mass is 19.1. The Labute approximate surface area is 151 Å². The lowest BCUT2D eigenvalue weighted by atomic mass is 10.0. The molecule has 3 aromatic rings. The summed E-state index contributed by atoms with van der Waals surface area (Å²) in [5.41, 5.74) is 4.65. The van der Waals surface area contributed by atoms with Crippen LogP contribution in [0.1, 0.15) is 11.3 Å². The van der Waals surface area contributed by atoms with Gasteiger partial charge in [-0.05, 0) is 35.9 Å². The van der Waals surface area contributed by atoms with Gasteiger partial charge < -0.3 is 0 Å². The zero-order chi connectivity index (χ0) is 17.8. The number of nitrogens with one attached hydrogen (secondary N) is 1. The van der Waals surface area contributed by atoms with E-state index in [0.29, 0.717) is 5.56 Å². The average Bonchev–Trinajstić information content (AvgIpc) is 2.69. The standard InChI is InChI=1S/C21H19FN4/c22-19-7-2-1-6-18(19)15-8-9-20-16(13-15)14-25-21(26-20)24-12-10-17-5-3-4-11-23-17/h1-9,11,13-14,21,24,26H,10,12H2/p+1. The van der Waals surface area contributed by atoms with E-state index in [1.54, 1.807) is 12.1 Å². The van der Waals surface area contributed by atoms with Crippen LogP contribution in [0.15, 0.2) is 71.9 Å². The molecular weight excluding hydrogens is 327 g/mol. The first-order valence-electron chi connectivity index (χ1n) is 8.70. The summed E-state index contributed by atoms with van der Waals surface area (Å²) in [5, 5.41) is 5.51. The number of quaternary nitrogens is 1. The summed E-state index contributed by atoms with van der Waals surface area (Å²) in [6, 6.07) is 18.7. The summed E-state index contributed by atoms with van der Waals surface area (Å²) < 4.78 is 14.0. The number of nitrogens with two attached hydrogens (primary N) is 1. The quantitative estimate of drug-likeness (QED) is 0.697. The maximum atomic E-state index is 14.0. The Bertz CT molecular complexity index is 924. The second-order valence-electron chi connectivity index (χ2n) is 6.24. The lowest BCUT2D eigenvalue weighted by Gasteiger charge is -2.18. The molecule has 1 aliphatic heterocycles. The minimum atomic E-state index is -0.210. The topological polar surface area (TPSA) is 53.9 Å². The van der Waals surface area contributed by atoms with Crippen molar-refractivity contribution in [2.24, 2.45) is 4.99 Å². The predicted molar refractivity (Wildman–Crippen MR) is 101 cm³/mol. The van der Waals surface area contributed by atoms with Crippen molar-refractivity contribution in [3.63, 3.8) is 0 Å². The fourth-order valence-corrected chi connectivity index (χ4v) is 3.08. The van der Waals surface area contributed by atoms with Gasteiger partial charge in [0, 0.05) is 42.7 Å². The number of pyridine rings is 1. The summed E-state index contributed by atoms with van der Waals surface area (Å²) in [6.07, 6.45) is 4.48. The van der Waals surface area contributed by atoms with Crippen LogP contribution >= 0.6 is 0 Å². The smallest absolute Gasteiger partial charge is 0.242 e. The SMILES string of the molecule is Fc1ccccc1-c1ccc2c(c1)C=NC(NCCc1ccccn1)[NH2+]2. The van der Waals surface area contributed by atoms with Crippen molar-refractivity contribution in [2.75, 3.05) is 6.54 Å². The molecule has 0 radical (unpaired) electrons. The van der Waals surface area contributed by atoms with Crippen molar-refractivity contribution in [1.29, 1.82) is 0 Å². The van der Waals surface area contributed by atoms with Gasteiger partial charge in [-0.3, -0.25) is 10.3 Å². The molecule has 26 heavy (non-hydrogen) atoms. The Balaban J connectivity index is 1.42. The number of aliphatic imine (C=N–C) groups is 1. The summed E-state index contributed by atoms with van der Waals surface area (Å²) >= 11 is 0. The molecule has 5 heteroatoms. The van der Waals surface area contributed by atoms with Crippen LogP contribution in [0.25, 0.3) is 11.1 Å². The van der Waals surface area contributed by atoms with Gasteiger partial charge in [0.2, 0.25) is 6.29 Å². The first-order valence-corrected chi connectivity index (χ1v) is 8.70. The fraction of sp³-hybridized carbons (Fsp3) is 0.143. The molecule has 0 bridgehead atoms. The van der Waals surface area contributed by atoms with Gasteiger partial charge in [-0.15, -0.1) is 0 Å². The molecule has 1 aliphatic rings. The largest absolute Gasteiger partial charge is 0.279 e. The molecule has 1 unspecified atom stereocenters. The second kappa shape index (κ2) is 7.56. The van der Waals surface area contributed by atoms with Gasteiger partial charge in [-0.1, -0.05) is 24.3 Å². The summed E-state index contributed by atoms with van der Waals surface area (Å²) in [4.78, 5) is 8.88. The van der Waals surface area contributed by atoms with Crippen molar-refractivity contribution >= 4 is 11.9 Å². The van der Waals surface area contributed by atoms with Crippen LogP contribution in [0.4, 0.5) is 10.1 Å². The van der Waals surface area contributed by atoms with E-state index >= 15 is 0 Å². The molecule has 1 aromatic heterocycles. The average molecular weight is 347 g/mol. The first kappa shape index (κ1) is 16.6. The van der Waals surface area contributed by atoms with Gasteiger partial charge in [-0.25, -0.2) is 14.7 Å². The molecule has 0 spiro atoms. The molecule has 0 saturated heterocycles. The van der Waals surface area contributed by atoms with Crippen LogP contribution < -0.4 is 10.6 Å². The molecule has 0 saturated carbocycles. The lowest BCUT2D eigenvalue weighted by molar-refractivity contribution is -0.616. The predicted octanol–water partition coefficient (Wildman–Crippen LogP) is 2.63. The molecule has 130 valence electrons. The van der Waals surface area contributed by atoms with E-state index < -0.39 is 0 Å². The van der Waals surface area contributed by atoms with Crippen molar-refractivity contribution in [3.8, 4) is 11.1 Å². The molecule has 2 aromatic carbocycles. The van der Waals surface area contributed by atoms with Crippen molar-refractivity contribution < 1.29 is 9.71 Å². The van der Waals surface area contributed by atoms with Crippen molar-refractivity contribution in [2.45, 2.75) is 12.7 Å². The molecule has 1 atom stereocenters. The van der Waals surface area contributed by atoms with E-state index in [4.69, 9.17) is 0 Å². The van der Waals surface area contributed by atoms with Gasteiger partial charge in [0.1, 0.15) is 11.5 Å². The number of aromatic nitrogens is 1. The number of rotatable bonds is 5. The van der Waals surface area contributed by atoms with Gasteiger partial charge in [0.05, 0.1) is 5.56 Å². The summed E-state index contributed by atoms with van der Waals surface area (Å²) in [5.74, 6) is -0.210. The monoisotopic (exact) mass is 347 g/mol. The Morgan fingerprint density at radius 3 is 2.77 bits per heavy atom. The van der Waals surface area contributed by atoms with Crippen molar-refractivity contribution in [3.05, 3.63) is 83.9 Å². The zero-order valence-corrected chi connectivity index (χ0v) is 14.3. The Morgan fingerprint density at radius 2 is 1.92 bits per heavy atom. The fourth-order valence-electron chi connectivity index (χ4n) is 3.08. The first-order chi connectivity index (χ1) is 12.8. The third kappa shape index (κ3) is 3.69. The van der Waals surface area contributed by atoms with Gasteiger partial charge >= 0.3 is 0 Å². The van der Waals surface area contributed by atoms with Crippen LogP contribution in [0.3, 0.4) is 0 Å². The number of hydrogen-bond donors (Lipinski definition) is 2. The second-order valence-corrected chi connectivity index (χ2v) is 6.24. The zero-order valence-electron chi connectivity index (χ0n) is 14.3. The van der Waals surface area contributed by atoms with Crippen molar-refractivity contribution in [1.82, 2.24) is 10.3 Å². The Morgan fingerprint density at radius 1 is 1.04 bits per heavy atom. The molecule has 3 N–H and O–H groups in total. The van der Waals surface area contributed by atoms with Crippen LogP contribution in [-0.2, 0) is 6.42 Å². The minimum Gasteiger partial charge on any atom is -0.279 e. The highest BCUT2D eigenvalue weighted by Gasteiger charge is 2.18. The van der Waals surface area contributed by atoms with Crippen LogP contribution in [0.2, 0.25) is 0 Å². The number of halogens is 1. The lowest BCUT2D eigenvalue weighted by Crippen LogP contribution is -2.89. The molecule has 0 aliphatic carbocycles. The Hall–Kier alpha value is -2.89. The minimum absolute atomic E-state index is 0.0504. The molecule has 4 nitrogen and oxygen atoms in total. The molecule has 4 rings (SSSR count). The van der Waals surface area contributed by atoms with Gasteiger partial charge in [0.15, 0.2) is 0 Å². The third-order valence-electron chi connectivity index (χ3n) is 4.44. The highest BCUT2D eigenvalue weighted by Crippen LogP contribution is 2.25. The van der Waals surface area contributed by atoms with E-state index in [0.717, 1.165) is 35.5 Å². The van der Waals surface area contributed by atoms with Gasteiger partial charge in [-0.2, -0.15) is 0 Å². The van der Waals surface area contributed by atoms with E-state index in [-0.39, 0.29) is 12.1 Å². The molecule has 0 fully saturated rings. The molecule has 2 heterocycles. The maximum Gasteiger partial charge on any atom is 0.242 e. The molecular formula is C21H20FN4+. The maximum absolute atomic E-state index is 14.0. The van der Waals surface area contributed by atoms with E-state index in [1.165, 1.54) is 6.07 Å². The number of benzene rings is 2. The van der Waals surface area contributed by atoms with E-state index in [2.05, 4.69) is 20.6 Å². The van der Waals surface area contributed by atoms with Crippen LogP contribution in [-0.4, -0.2) is 24.0 Å². The summed E-state index contributed by atoms with van der Waals surface area (Å²) in [7, 11) is 0. The highest BCUT2D eigenvalue weighted by molar-refractivity contribution is 5.88. The van der Waals surface area contributed by atoms with E-state index in [1.807, 2.05) is 54.9 Å². The third-order valence-corrected chi connectivity index (χ3v) is 4.44. The van der Waals surface area contributed by atoms with E-state index in [9.17, 15) is 4.39 Å². The normalized spacial score (nSPS) is 15.7. The number of nitrogens with zero attached hydrogens (tertiary/aromatic N) is 2. The van der Waals surface area contributed by atoms with Crippen LogP contribution in [0, 0.1) is 5.82 Å². The van der Waals surface area contributed by atoms with Gasteiger partial charge in [0.25, 0.3) is 0 Å². The Kier molecular flexibility index (Phi) is 4.82.